The van der Waals surface area contributed by atoms with Gasteiger partial charge in [-0.2, -0.15) is 0 Å². The smallest absolute Gasteiger partial charge is 0.322 e. The molecule has 2 aliphatic rings. The molecule has 2 rings (SSSR count). The van der Waals surface area contributed by atoms with E-state index in [-0.39, 0.29) is 11.8 Å². The lowest BCUT2D eigenvalue weighted by atomic mass is 10.0. The van der Waals surface area contributed by atoms with Gasteiger partial charge in [-0.25, -0.2) is 0 Å². The summed E-state index contributed by atoms with van der Waals surface area (Å²) in [5.41, 5.74) is -1.55. The highest BCUT2D eigenvalue weighted by Gasteiger charge is 2.76. The van der Waals surface area contributed by atoms with Gasteiger partial charge in [0.15, 0.2) is 5.41 Å². The summed E-state index contributed by atoms with van der Waals surface area (Å²) in [6, 6.07) is 0. The summed E-state index contributed by atoms with van der Waals surface area (Å²) in [4.78, 5) is 25.2. The molecule has 1 saturated carbocycles. The number of carboxylic acids is 2. The van der Waals surface area contributed by atoms with Crippen LogP contribution < -0.4 is 0 Å². The van der Waals surface area contributed by atoms with Crippen molar-refractivity contribution in [1.82, 2.24) is 0 Å². The van der Waals surface area contributed by atoms with Crippen LogP contribution in [0.25, 0.3) is 0 Å². The van der Waals surface area contributed by atoms with Crippen molar-refractivity contribution >= 4 is 18.2 Å². The van der Waals surface area contributed by atoms with Gasteiger partial charge in [0.2, 0.25) is 0 Å². The molecule has 2 N–H and O–H groups in total. The first-order chi connectivity index (χ1) is 5.61. The van der Waals surface area contributed by atoms with Crippen LogP contribution in [0, 0.1) is 17.3 Å². The zero-order valence-electron chi connectivity index (χ0n) is 6.10. The van der Waals surface area contributed by atoms with Crippen LogP contribution in [0.4, 0.5) is 0 Å². The van der Waals surface area contributed by atoms with E-state index in [1.807, 2.05) is 0 Å². The Hall–Kier alpha value is -1.39. The maximum absolute atomic E-state index is 10.7. The second kappa shape index (κ2) is 1.85. The number of carbonyl (C=O) groups is 2. The standard InChI is InChI=1S/C7H7NO4/c9-5(10)7(6(11)12)3-1-8-2-4(3)7/h1,3-4H,2H2,(H,9,10)(H,11,12)/t3-,4+/m1/s1. The third kappa shape index (κ3) is 0.532. The number of rotatable bonds is 2. The summed E-state index contributed by atoms with van der Waals surface area (Å²) in [5, 5.41) is 17.5. The van der Waals surface area contributed by atoms with E-state index < -0.39 is 17.4 Å². The molecule has 0 saturated heterocycles. The maximum Gasteiger partial charge on any atom is 0.322 e. The molecular weight excluding hydrogens is 162 g/mol. The van der Waals surface area contributed by atoms with Crippen molar-refractivity contribution in [3.63, 3.8) is 0 Å². The Kier molecular flexibility index (Phi) is 1.12. The molecule has 12 heavy (non-hydrogen) atoms. The van der Waals surface area contributed by atoms with Gasteiger partial charge in [0.1, 0.15) is 0 Å². The monoisotopic (exact) mass is 169 g/mol. The minimum absolute atomic E-state index is 0.313. The molecule has 0 spiro atoms. The molecule has 0 amide bonds. The zero-order chi connectivity index (χ0) is 8.93. The van der Waals surface area contributed by atoms with Crippen molar-refractivity contribution in [2.75, 3.05) is 6.54 Å². The Morgan fingerprint density at radius 2 is 2.00 bits per heavy atom. The quantitative estimate of drug-likeness (QED) is 0.544. The molecule has 0 aromatic heterocycles. The number of hydrogen-bond acceptors (Lipinski definition) is 3. The fourth-order valence-electron chi connectivity index (χ4n) is 1.95. The highest BCUT2D eigenvalue weighted by molar-refractivity contribution is 6.07. The zero-order valence-corrected chi connectivity index (χ0v) is 6.10. The van der Waals surface area contributed by atoms with Gasteiger partial charge in [-0.3, -0.25) is 14.6 Å². The maximum atomic E-state index is 10.7. The van der Waals surface area contributed by atoms with Crippen molar-refractivity contribution in [2.45, 2.75) is 0 Å². The van der Waals surface area contributed by atoms with Gasteiger partial charge in [0, 0.05) is 24.6 Å². The Labute approximate surface area is 67.7 Å². The fraction of sp³-hybridized carbons (Fsp3) is 0.571. The van der Waals surface area contributed by atoms with Crippen molar-refractivity contribution < 1.29 is 19.8 Å². The Bertz CT molecular complexity index is 282. The largest absolute Gasteiger partial charge is 0.480 e. The number of fused-ring (bicyclic) bond motifs is 1. The lowest BCUT2D eigenvalue weighted by Crippen LogP contribution is -2.30. The first-order valence-electron chi connectivity index (χ1n) is 3.58. The fourth-order valence-corrected chi connectivity index (χ4v) is 1.95. The van der Waals surface area contributed by atoms with Crippen LogP contribution in [-0.4, -0.2) is 34.9 Å². The van der Waals surface area contributed by atoms with Gasteiger partial charge < -0.3 is 10.2 Å². The molecular formula is C7H7NO4. The molecule has 0 unspecified atom stereocenters. The van der Waals surface area contributed by atoms with E-state index in [1.54, 1.807) is 0 Å². The average molecular weight is 169 g/mol. The van der Waals surface area contributed by atoms with Crippen LogP contribution in [0.3, 0.4) is 0 Å². The summed E-state index contributed by atoms with van der Waals surface area (Å²) in [6.07, 6.45) is 1.45. The van der Waals surface area contributed by atoms with E-state index >= 15 is 0 Å². The molecule has 1 aliphatic carbocycles. The Morgan fingerprint density at radius 3 is 2.25 bits per heavy atom. The van der Waals surface area contributed by atoms with Gasteiger partial charge in [-0.05, 0) is 0 Å². The number of aliphatic imine (C=N–C) groups is 1. The van der Waals surface area contributed by atoms with E-state index in [1.165, 1.54) is 6.21 Å². The molecule has 0 aromatic carbocycles. The van der Waals surface area contributed by atoms with Crippen LogP contribution in [-0.2, 0) is 9.59 Å². The summed E-state index contributed by atoms with van der Waals surface area (Å²) < 4.78 is 0. The number of carboxylic acid groups (broad SMARTS) is 2. The molecule has 0 aromatic rings. The molecule has 1 heterocycles. The van der Waals surface area contributed by atoms with Crippen molar-refractivity contribution in [1.29, 1.82) is 0 Å². The first-order valence-corrected chi connectivity index (χ1v) is 3.58. The molecule has 1 fully saturated rings. The van der Waals surface area contributed by atoms with Crippen LogP contribution in [0.1, 0.15) is 0 Å². The molecule has 2 atom stereocenters. The van der Waals surface area contributed by atoms with Crippen LogP contribution in [0.5, 0.6) is 0 Å². The van der Waals surface area contributed by atoms with Crippen LogP contribution in [0.15, 0.2) is 4.99 Å². The van der Waals surface area contributed by atoms with E-state index in [4.69, 9.17) is 10.2 Å². The molecule has 0 radical (unpaired) electrons. The summed E-state index contributed by atoms with van der Waals surface area (Å²) >= 11 is 0. The molecule has 1 aliphatic heterocycles. The van der Waals surface area contributed by atoms with Crippen molar-refractivity contribution in [2.24, 2.45) is 22.2 Å². The van der Waals surface area contributed by atoms with E-state index in [9.17, 15) is 9.59 Å². The number of nitrogens with zero attached hydrogens (tertiary/aromatic N) is 1. The Morgan fingerprint density at radius 1 is 1.42 bits per heavy atom. The third-order valence-corrected chi connectivity index (χ3v) is 2.71. The minimum Gasteiger partial charge on any atom is -0.480 e. The third-order valence-electron chi connectivity index (χ3n) is 2.71. The number of aliphatic carboxylic acids is 2. The molecule has 64 valence electrons. The van der Waals surface area contributed by atoms with E-state index in [0.717, 1.165) is 0 Å². The minimum atomic E-state index is -1.55. The number of hydrogen-bond donors (Lipinski definition) is 2. The lowest BCUT2D eigenvalue weighted by molar-refractivity contribution is -0.158. The summed E-state index contributed by atoms with van der Waals surface area (Å²) in [5.74, 6) is -3.17. The normalized spacial score (nSPS) is 34.3. The lowest BCUT2D eigenvalue weighted by Gasteiger charge is -2.06. The summed E-state index contributed by atoms with van der Waals surface area (Å²) in [7, 11) is 0. The first kappa shape index (κ1) is 7.27. The second-order valence-corrected chi connectivity index (χ2v) is 3.13. The molecule has 5 heteroatoms. The predicted octanol–water partition coefficient (Wildman–Crippen LogP) is -0.528. The van der Waals surface area contributed by atoms with Gasteiger partial charge in [0.25, 0.3) is 0 Å². The van der Waals surface area contributed by atoms with Crippen molar-refractivity contribution in [3.8, 4) is 0 Å². The molecule has 5 nitrogen and oxygen atoms in total. The van der Waals surface area contributed by atoms with Gasteiger partial charge >= 0.3 is 11.9 Å². The SMILES string of the molecule is O=C(O)C1(C(=O)O)[C@@H]2C=NC[C@@H]21. The topological polar surface area (TPSA) is 87.0 Å². The Balaban J connectivity index is 2.35. The van der Waals surface area contributed by atoms with Crippen LogP contribution >= 0.6 is 0 Å². The van der Waals surface area contributed by atoms with E-state index in [2.05, 4.69) is 4.99 Å². The highest BCUT2D eigenvalue weighted by Crippen LogP contribution is 2.60. The van der Waals surface area contributed by atoms with Gasteiger partial charge in [-0.15, -0.1) is 0 Å². The van der Waals surface area contributed by atoms with Crippen molar-refractivity contribution in [3.05, 3.63) is 0 Å². The highest BCUT2D eigenvalue weighted by atomic mass is 16.4. The van der Waals surface area contributed by atoms with Gasteiger partial charge in [-0.1, -0.05) is 0 Å². The second-order valence-electron chi connectivity index (χ2n) is 3.13. The molecule has 0 bridgehead atoms. The van der Waals surface area contributed by atoms with E-state index in [0.29, 0.717) is 6.54 Å². The predicted molar refractivity (Wildman–Crippen MR) is 38.0 cm³/mol. The van der Waals surface area contributed by atoms with Crippen LogP contribution in [0.2, 0.25) is 0 Å². The van der Waals surface area contributed by atoms with Gasteiger partial charge in [0.05, 0.1) is 0 Å². The average Bonchev–Trinajstić information content (AvgIpc) is 2.35. The summed E-state index contributed by atoms with van der Waals surface area (Å²) in [6.45, 7) is 0.337.